The molecule has 1 aromatic rings. The third-order valence-corrected chi connectivity index (χ3v) is 4.54. The highest BCUT2D eigenvalue weighted by molar-refractivity contribution is 9.10. The number of nitrogens with one attached hydrogen (secondary N) is 1. The highest BCUT2D eigenvalue weighted by Crippen LogP contribution is 2.40. The standard InChI is InChI=1S/C15H20BrNO3/c1-2-17-15(10-3-4-18-9-10)11-7-13-14(8-12(11)16)20-6-5-19-13/h7-8,10,15,17H,2-6,9H2,1H3. The van der Waals surface area contributed by atoms with Crippen LogP contribution < -0.4 is 14.8 Å². The van der Waals surface area contributed by atoms with E-state index in [4.69, 9.17) is 14.2 Å². The monoisotopic (exact) mass is 341 g/mol. The highest BCUT2D eigenvalue weighted by atomic mass is 79.9. The zero-order valence-electron chi connectivity index (χ0n) is 11.7. The lowest BCUT2D eigenvalue weighted by Gasteiger charge is -2.27. The summed E-state index contributed by atoms with van der Waals surface area (Å²) in [5.74, 6) is 2.18. The second-order valence-corrected chi connectivity index (χ2v) is 6.03. The van der Waals surface area contributed by atoms with Crippen molar-refractivity contribution < 1.29 is 14.2 Å². The van der Waals surface area contributed by atoms with Crippen LogP contribution in [0.3, 0.4) is 0 Å². The molecule has 0 amide bonds. The van der Waals surface area contributed by atoms with Gasteiger partial charge in [0, 0.05) is 23.0 Å². The molecule has 0 aliphatic carbocycles. The van der Waals surface area contributed by atoms with Crippen molar-refractivity contribution in [1.29, 1.82) is 0 Å². The molecule has 4 nitrogen and oxygen atoms in total. The van der Waals surface area contributed by atoms with Crippen molar-refractivity contribution in [3.8, 4) is 11.5 Å². The molecule has 5 heteroatoms. The zero-order chi connectivity index (χ0) is 13.9. The molecule has 20 heavy (non-hydrogen) atoms. The van der Waals surface area contributed by atoms with E-state index in [1.165, 1.54) is 5.56 Å². The van der Waals surface area contributed by atoms with E-state index in [9.17, 15) is 0 Å². The summed E-state index contributed by atoms with van der Waals surface area (Å²) in [7, 11) is 0. The van der Waals surface area contributed by atoms with Crippen LogP contribution in [0, 0.1) is 5.92 Å². The Morgan fingerprint density at radius 3 is 2.65 bits per heavy atom. The molecule has 0 spiro atoms. The molecule has 1 N–H and O–H groups in total. The smallest absolute Gasteiger partial charge is 0.162 e. The Labute approximate surface area is 127 Å². The van der Waals surface area contributed by atoms with E-state index in [0.29, 0.717) is 19.1 Å². The van der Waals surface area contributed by atoms with Gasteiger partial charge in [-0.15, -0.1) is 0 Å². The van der Waals surface area contributed by atoms with Crippen molar-refractivity contribution in [3.05, 3.63) is 22.2 Å². The van der Waals surface area contributed by atoms with Gasteiger partial charge in [0.15, 0.2) is 11.5 Å². The number of hydrogen-bond donors (Lipinski definition) is 1. The molecule has 2 heterocycles. The summed E-state index contributed by atoms with van der Waals surface area (Å²) >= 11 is 3.68. The Morgan fingerprint density at radius 2 is 2.00 bits per heavy atom. The minimum atomic E-state index is 0.285. The van der Waals surface area contributed by atoms with Gasteiger partial charge in [0.05, 0.1) is 6.61 Å². The van der Waals surface area contributed by atoms with E-state index in [1.54, 1.807) is 0 Å². The van der Waals surface area contributed by atoms with Crippen LogP contribution in [0.15, 0.2) is 16.6 Å². The summed E-state index contributed by atoms with van der Waals surface area (Å²) in [6.07, 6.45) is 1.10. The fourth-order valence-corrected chi connectivity index (χ4v) is 3.45. The first-order chi connectivity index (χ1) is 9.79. The number of benzene rings is 1. The van der Waals surface area contributed by atoms with Crippen LogP contribution in [0.5, 0.6) is 11.5 Å². The molecule has 0 aromatic heterocycles. The molecule has 2 aliphatic rings. The van der Waals surface area contributed by atoms with Gasteiger partial charge in [-0.05, 0) is 30.7 Å². The largest absolute Gasteiger partial charge is 0.486 e. The highest BCUT2D eigenvalue weighted by Gasteiger charge is 2.29. The third-order valence-electron chi connectivity index (χ3n) is 3.86. The van der Waals surface area contributed by atoms with Gasteiger partial charge >= 0.3 is 0 Å². The van der Waals surface area contributed by atoms with Crippen LogP contribution in [-0.4, -0.2) is 33.0 Å². The molecule has 1 saturated heterocycles. The topological polar surface area (TPSA) is 39.7 Å². The first-order valence-corrected chi connectivity index (χ1v) is 7.99. The van der Waals surface area contributed by atoms with E-state index < -0.39 is 0 Å². The lowest BCUT2D eigenvalue weighted by atomic mass is 9.92. The first kappa shape index (κ1) is 14.2. The predicted octanol–water partition coefficient (Wildman–Crippen LogP) is 2.91. The summed E-state index contributed by atoms with van der Waals surface area (Å²) in [4.78, 5) is 0. The van der Waals surface area contributed by atoms with E-state index in [2.05, 4.69) is 34.2 Å². The van der Waals surface area contributed by atoms with E-state index in [0.717, 1.165) is 42.2 Å². The van der Waals surface area contributed by atoms with Gasteiger partial charge in [-0.1, -0.05) is 22.9 Å². The Morgan fingerprint density at radius 1 is 1.25 bits per heavy atom. The normalized spacial score (nSPS) is 22.8. The second kappa shape index (κ2) is 6.33. The lowest BCUT2D eigenvalue weighted by molar-refractivity contribution is 0.169. The Kier molecular flexibility index (Phi) is 4.48. The summed E-state index contributed by atoms with van der Waals surface area (Å²) < 4.78 is 17.9. The molecular weight excluding hydrogens is 322 g/mol. The minimum absolute atomic E-state index is 0.285. The average Bonchev–Trinajstić information content (AvgIpc) is 2.98. The molecule has 3 rings (SSSR count). The fourth-order valence-electron chi connectivity index (χ4n) is 2.88. The number of fused-ring (bicyclic) bond motifs is 1. The minimum Gasteiger partial charge on any atom is -0.486 e. The fraction of sp³-hybridized carbons (Fsp3) is 0.600. The third kappa shape index (κ3) is 2.80. The maximum Gasteiger partial charge on any atom is 0.162 e. The van der Waals surface area contributed by atoms with Crippen LogP contribution in [0.1, 0.15) is 24.9 Å². The summed E-state index contributed by atoms with van der Waals surface area (Å²) in [5, 5.41) is 3.58. The van der Waals surface area contributed by atoms with Crippen molar-refractivity contribution in [3.63, 3.8) is 0 Å². The summed E-state index contributed by atoms with van der Waals surface area (Å²) in [6.45, 7) is 5.97. The average molecular weight is 342 g/mol. The van der Waals surface area contributed by atoms with Crippen LogP contribution >= 0.6 is 15.9 Å². The Balaban J connectivity index is 1.92. The van der Waals surface area contributed by atoms with Gasteiger partial charge in [0.1, 0.15) is 13.2 Å². The van der Waals surface area contributed by atoms with Gasteiger partial charge in [0.25, 0.3) is 0 Å². The quantitative estimate of drug-likeness (QED) is 0.913. The molecule has 110 valence electrons. The van der Waals surface area contributed by atoms with Crippen molar-refractivity contribution in [2.75, 3.05) is 33.0 Å². The Hall–Kier alpha value is -0.780. The van der Waals surface area contributed by atoms with Crippen LogP contribution in [0.4, 0.5) is 0 Å². The molecule has 1 fully saturated rings. The predicted molar refractivity (Wildman–Crippen MR) is 80.5 cm³/mol. The molecule has 2 unspecified atom stereocenters. The molecule has 1 aromatic carbocycles. The molecule has 0 radical (unpaired) electrons. The van der Waals surface area contributed by atoms with Gasteiger partial charge in [0.2, 0.25) is 0 Å². The van der Waals surface area contributed by atoms with Gasteiger partial charge in [-0.3, -0.25) is 0 Å². The maximum atomic E-state index is 5.71. The van der Waals surface area contributed by atoms with Crippen molar-refractivity contribution in [1.82, 2.24) is 5.32 Å². The van der Waals surface area contributed by atoms with E-state index in [-0.39, 0.29) is 6.04 Å². The first-order valence-electron chi connectivity index (χ1n) is 7.19. The summed E-state index contributed by atoms with van der Waals surface area (Å²) in [5.41, 5.74) is 1.23. The second-order valence-electron chi connectivity index (χ2n) is 5.18. The van der Waals surface area contributed by atoms with Crippen molar-refractivity contribution in [2.24, 2.45) is 5.92 Å². The van der Waals surface area contributed by atoms with Gasteiger partial charge in [-0.2, -0.15) is 0 Å². The number of halogens is 1. The maximum absolute atomic E-state index is 5.71. The molecule has 2 atom stereocenters. The molecule has 0 saturated carbocycles. The Bertz CT molecular complexity index is 474. The van der Waals surface area contributed by atoms with Crippen molar-refractivity contribution >= 4 is 15.9 Å². The van der Waals surface area contributed by atoms with Crippen LogP contribution in [0.25, 0.3) is 0 Å². The molecule has 0 bridgehead atoms. The number of ether oxygens (including phenoxy) is 3. The van der Waals surface area contributed by atoms with Crippen LogP contribution in [0.2, 0.25) is 0 Å². The zero-order valence-corrected chi connectivity index (χ0v) is 13.2. The van der Waals surface area contributed by atoms with Crippen molar-refractivity contribution in [2.45, 2.75) is 19.4 Å². The van der Waals surface area contributed by atoms with Gasteiger partial charge < -0.3 is 19.5 Å². The number of hydrogen-bond acceptors (Lipinski definition) is 4. The van der Waals surface area contributed by atoms with Gasteiger partial charge in [-0.25, -0.2) is 0 Å². The number of rotatable bonds is 4. The SMILES string of the molecule is CCNC(c1cc2c(cc1Br)OCCO2)C1CCOC1. The molecule has 2 aliphatic heterocycles. The summed E-state index contributed by atoms with van der Waals surface area (Å²) in [6, 6.07) is 4.40. The van der Waals surface area contributed by atoms with Crippen LogP contribution in [-0.2, 0) is 4.74 Å². The molecular formula is C15H20BrNO3. The lowest BCUT2D eigenvalue weighted by Crippen LogP contribution is -2.29. The van der Waals surface area contributed by atoms with E-state index in [1.807, 2.05) is 6.07 Å². The van der Waals surface area contributed by atoms with E-state index >= 15 is 0 Å².